The number of aryl methyl sites for hydroxylation is 2. The minimum absolute atomic E-state index is 0.0719. The normalized spacial score (nSPS) is 17.8. The highest BCUT2D eigenvalue weighted by Gasteiger charge is 2.29. The fourth-order valence-electron chi connectivity index (χ4n) is 3.92. The predicted octanol–water partition coefficient (Wildman–Crippen LogP) is 2.43. The first-order valence-electron chi connectivity index (χ1n) is 9.67. The molecule has 29 heavy (non-hydrogen) atoms. The number of aromatic nitrogens is 5. The van der Waals surface area contributed by atoms with Crippen LogP contribution in [0.1, 0.15) is 13.3 Å². The molecule has 8 heteroatoms. The van der Waals surface area contributed by atoms with Crippen LogP contribution in [-0.4, -0.2) is 42.9 Å². The van der Waals surface area contributed by atoms with E-state index in [0.29, 0.717) is 18.8 Å². The second-order valence-electron chi connectivity index (χ2n) is 7.67. The second kappa shape index (κ2) is 6.58. The number of hydrogen-bond donors (Lipinski definition) is 1. The first-order valence-corrected chi connectivity index (χ1v) is 9.67. The molecular formula is C21H22N6O2. The van der Waals surface area contributed by atoms with Crippen LogP contribution in [-0.2, 0) is 18.9 Å². The van der Waals surface area contributed by atoms with Gasteiger partial charge in [0.25, 0.3) is 0 Å². The molecule has 1 saturated heterocycles. The Morgan fingerprint density at radius 2 is 2.14 bits per heavy atom. The van der Waals surface area contributed by atoms with Crippen molar-refractivity contribution >= 4 is 27.8 Å². The Morgan fingerprint density at radius 3 is 2.93 bits per heavy atom. The number of pyridine rings is 1. The van der Waals surface area contributed by atoms with Gasteiger partial charge in [0.2, 0.25) is 11.8 Å². The predicted molar refractivity (Wildman–Crippen MR) is 109 cm³/mol. The summed E-state index contributed by atoms with van der Waals surface area (Å²) in [7, 11) is 3.85. The molecule has 0 radical (unpaired) electrons. The molecule has 0 spiro atoms. The van der Waals surface area contributed by atoms with Crippen LogP contribution in [0.25, 0.3) is 33.2 Å². The number of imidazole rings is 1. The lowest BCUT2D eigenvalue weighted by Crippen LogP contribution is -2.26. The van der Waals surface area contributed by atoms with E-state index < -0.39 is 0 Å². The van der Waals surface area contributed by atoms with Gasteiger partial charge in [-0.15, -0.1) is 0 Å². The van der Waals surface area contributed by atoms with Crippen molar-refractivity contribution in [3.63, 3.8) is 0 Å². The molecule has 5 rings (SSSR count). The van der Waals surface area contributed by atoms with E-state index in [1.54, 1.807) is 6.33 Å². The molecule has 1 fully saturated rings. The highest BCUT2D eigenvalue weighted by Crippen LogP contribution is 2.31. The quantitative estimate of drug-likeness (QED) is 0.578. The Balaban J connectivity index is 1.57. The lowest BCUT2D eigenvalue weighted by molar-refractivity contribution is -0.119. The number of carbonyl (C=O) groups is 1. The highest BCUT2D eigenvalue weighted by atomic mass is 16.5. The van der Waals surface area contributed by atoms with Gasteiger partial charge < -0.3 is 14.6 Å². The summed E-state index contributed by atoms with van der Waals surface area (Å²) in [5.41, 5.74) is 4.51. The van der Waals surface area contributed by atoms with E-state index in [0.717, 1.165) is 33.2 Å². The standard InChI is InChI=1S/C21H22N6O2/c1-12(14-7-19(28)22-9-14)29-21-20-17(23-11-26(20)2)8-16(25-21)13-4-5-18-15(6-13)10-24-27(18)3/h4-6,8,10-12,14H,7,9H2,1-3H3,(H,22,28)/t12-,14-/m1/s1. The lowest BCUT2D eigenvalue weighted by atomic mass is 10.0. The Labute approximate surface area is 167 Å². The van der Waals surface area contributed by atoms with Crippen molar-refractivity contribution < 1.29 is 9.53 Å². The average Bonchev–Trinajstić information content (AvgIpc) is 3.41. The van der Waals surface area contributed by atoms with Gasteiger partial charge in [0.15, 0.2) is 0 Å². The zero-order valence-corrected chi connectivity index (χ0v) is 16.6. The van der Waals surface area contributed by atoms with Gasteiger partial charge in [0.1, 0.15) is 11.6 Å². The molecule has 148 valence electrons. The fourth-order valence-corrected chi connectivity index (χ4v) is 3.92. The summed E-state index contributed by atoms with van der Waals surface area (Å²) in [5, 5.41) is 8.24. The third kappa shape index (κ3) is 3.00. The van der Waals surface area contributed by atoms with Crippen molar-refractivity contribution in [3.05, 3.63) is 36.8 Å². The van der Waals surface area contributed by atoms with Crippen molar-refractivity contribution in [2.45, 2.75) is 19.4 Å². The third-order valence-electron chi connectivity index (χ3n) is 5.68. The molecular weight excluding hydrogens is 368 g/mol. The molecule has 8 nitrogen and oxygen atoms in total. The van der Waals surface area contributed by atoms with Crippen molar-refractivity contribution in [1.29, 1.82) is 0 Å². The van der Waals surface area contributed by atoms with Crippen LogP contribution >= 0.6 is 0 Å². The minimum Gasteiger partial charge on any atom is -0.473 e. The molecule has 1 aliphatic rings. The van der Waals surface area contributed by atoms with Gasteiger partial charge in [-0.3, -0.25) is 9.48 Å². The topological polar surface area (TPSA) is 86.9 Å². The van der Waals surface area contributed by atoms with Crippen molar-refractivity contribution in [3.8, 4) is 17.1 Å². The summed E-state index contributed by atoms with van der Waals surface area (Å²) in [6.07, 6.45) is 3.95. The van der Waals surface area contributed by atoms with Gasteiger partial charge in [0.05, 0.1) is 29.3 Å². The number of nitrogens with zero attached hydrogens (tertiary/aromatic N) is 5. The number of ether oxygens (including phenoxy) is 1. The number of nitrogens with one attached hydrogen (secondary N) is 1. The molecule has 1 aliphatic heterocycles. The molecule has 0 unspecified atom stereocenters. The van der Waals surface area contributed by atoms with E-state index in [9.17, 15) is 4.79 Å². The Hall–Kier alpha value is -3.42. The monoisotopic (exact) mass is 390 g/mol. The molecule has 0 bridgehead atoms. The lowest BCUT2D eigenvalue weighted by Gasteiger charge is -2.20. The van der Waals surface area contributed by atoms with Gasteiger partial charge in [-0.2, -0.15) is 5.10 Å². The van der Waals surface area contributed by atoms with Crippen LogP contribution < -0.4 is 10.1 Å². The number of hydrogen-bond acceptors (Lipinski definition) is 5. The molecule has 4 heterocycles. The maximum atomic E-state index is 11.6. The van der Waals surface area contributed by atoms with Crippen LogP contribution in [0.4, 0.5) is 0 Å². The van der Waals surface area contributed by atoms with Gasteiger partial charge >= 0.3 is 0 Å². The molecule has 1 N–H and O–H groups in total. The molecule has 0 saturated carbocycles. The van der Waals surface area contributed by atoms with E-state index in [1.165, 1.54) is 0 Å². The SMILES string of the molecule is C[C@@H](Oc1nc(-c2ccc3c(cnn3C)c2)cc2ncn(C)c12)[C@H]1CNC(=O)C1. The van der Waals surface area contributed by atoms with Crippen molar-refractivity contribution in [1.82, 2.24) is 29.6 Å². The molecule has 1 amide bonds. The maximum Gasteiger partial charge on any atom is 0.241 e. The highest BCUT2D eigenvalue weighted by molar-refractivity contribution is 5.88. The summed E-state index contributed by atoms with van der Waals surface area (Å²) in [6, 6.07) is 8.13. The summed E-state index contributed by atoms with van der Waals surface area (Å²) < 4.78 is 10.0. The zero-order chi connectivity index (χ0) is 20.1. The summed E-state index contributed by atoms with van der Waals surface area (Å²) in [6.45, 7) is 2.62. The molecule has 4 aromatic rings. The van der Waals surface area contributed by atoms with Gasteiger partial charge in [0, 0.05) is 43.9 Å². The largest absolute Gasteiger partial charge is 0.473 e. The van der Waals surface area contributed by atoms with Crippen molar-refractivity contribution in [2.24, 2.45) is 20.0 Å². The molecule has 0 aliphatic carbocycles. The van der Waals surface area contributed by atoms with E-state index in [4.69, 9.17) is 9.72 Å². The summed E-state index contributed by atoms with van der Waals surface area (Å²) in [5.74, 6) is 0.737. The van der Waals surface area contributed by atoms with Crippen LogP contribution in [0, 0.1) is 5.92 Å². The maximum absolute atomic E-state index is 11.6. The zero-order valence-electron chi connectivity index (χ0n) is 16.6. The Kier molecular flexibility index (Phi) is 4.01. The van der Waals surface area contributed by atoms with Crippen LogP contribution in [0.2, 0.25) is 0 Å². The fraction of sp³-hybridized carbons (Fsp3) is 0.333. The van der Waals surface area contributed by atoms with E-state index in [1.807, 2.05) is 54.7 Å². The van der Waals surface area contributed by atoms with E-state index >= 15 is 0 Å². The van der Waals surface area contributed by atoms with Crippen LogP contribution in [0.3, 0.4) is 0 Å². The van der Waals surface area contributed by atoms with Crippen LogP contribution in [0.5, 0.6) is 5.88 Å². The van der Waals surface area contributed by atoms with Crippen LogP contribution in [0.15, 0.2) is 36.8 Å². The van der Waals surface area contributed by atoms with Gasteiger partial charge in [-0.05, 0) is 25.1 Å². The first-order chi connectivity index (χ1) is 14.0. The van der Waals surface area contributed by atoms with Crippen molar-refractivity contribution in [2.75, 3.05) is 6.54 Å². The smallest absolute Gasteiger partial charge is 0.241 e. The Bertz CT molecular complexity index is 1240. The van der Waals surface area contributed by atoms with E-state index in [-0.39, 0.29) is 17.9 Å². The first kappa shape index (κ1) is 17.7. The summed E-state index contributed by atoms with van der Waals surface area (Å²) in [4.78, 5) is 20.9. The molecule has 3 aromatic heterocycles. The Morgan fingerprint density at radius 1 is 1.28 bits per heavy atom. The number of benzene rings is 1. The second-order valence-corrected chi connectivity index (χ2v) is 7.67. The van der Waals surface area contributed by atoms with E-state index in [2.05, 4.69) is 21.5 Å². The third-order valence-corrected chi connectivity index (χ3v) is 5.68. The van der Waals surface area contributed by atoms with Gasteiger partial charge in [-0.1, -0.05) is 6.07 Å². The molecule has 2 atom stereocenters. The van der Waals surface area contributed by atoms with Gasteiger partial charge in [-0.25, -0.2) is 9.97 Å². The number of amides is 1. The summed E-state index contributed by atoms with van der Waals surface area (Å²) >= 11 is 0. The molecule has 1 aromatic carbocycles. The average molecular weight is 390 g/mol. The number of carbonyl (C=O) groups excluding carboxylic acids is 1. The minimum atomic E-state index is -0.143. The number of fused-ring (bicyclic) bond motifs is 2. The number of rotatable bonds is 4.